The molecule has 0 aromatic carbocycles. The fourth-order valence-electron chi connectivity index (χ4n) is 3.06. The van der Waals surface area contributed by atoms with Crippen molar-refractivity contribution in [2.24, 2.45) is 0 Å². The Morgan fingerprint density at radius 1 is 1.29 bits per heavy atom. The van der Waals surface area contributed by atoms with Gasteiger partial charge in [0.05, 0.1) is 19.1 Å². The molecule has 1 aromatic heterocycles. The first-order chi connectivity index (χ1) is 10.3. The monoisotopic (exact) mass is 297 g/mol. The van der Waals surface area contributed by atoms with E-state index in [2.05, 4.69) is 15.5 Å². The summed E-state index contributed by atoms with van der Waals surface area (Å²) in [5.74, 6) is 1.38. The number of hydrogen-bond donors (Lipinski definition) is 1. The lowest BCUT2D eigenvalue weighted by Gasteiger charge is -2.33. The van der Waals surface area contributed by atoms with E-state index in [4.69, 9.17) is 18.7 Å². The summed E-state index contributed by atoms with van der Waals surface area (Å²) in [6.07, 6.45) is 1.52. The maximum atomic E-state index is 5.97. The van der Waals surface area contributed by atoms with Gasteiger partial charge in [-0.1, -0.05) is 5.16 Å². The summed E-state index contributed by atoms with van der Waals surface area (Å²) < 4.78 is 22.4. The van der Waals surface area contributed by atoms with Crippen molar-refractivity contribution >= 4 is 0 Å². The zero-order valence-corrected chi connectivity index (χ0v) is 12.6. The fourth-order valence-corrected chi connectivity index (χ4v) is 3.06. The molecule has 2 unspecified atom stereocenters. The first kappa shape index (κ1) is 14.9. The van der Waals surface area contributed by atoms with Crippen LogP contribution in [0.5, 0.6) is 0 Å². The highest BCUT2D eigenvalue weighted by atomic mass is 16.5. The van der Waals surface area contributed by atoms with Crippen LogP contribution < -0.4 is 5.32 Å². The number of nitrogens with zero attached hydrogens (tertiary/aromatic N) is 2. The number of hydrogen-bond acceptors (Lipinski definition) is 7. The van der Waals surface area contributed by atoms with Crippen molar-refractivity contribution in [3.8, 4) is 0 Å². The summed E-state index contributed by atoms with van der Waals surface area (Å²) in [5.41, 5.74) is -0.469. The minimum atomic E-state index is -0.469. The molecule has 0 saturated carbocycles. The highest BCUT2D eigenvalue weighted by Gasteiger charge is 2.41. The number of aromatic nitrogens is 2. The van der Waals surface area contributed by atoms with E-state index in [0.29, 0.717) is 44.7 Å². The summed E-state index contributed by atoms with van der Waals surface area (Å²) in [4.78, 5) is 4.63. The van der Waals surface area contributed by atoms with E-state index < -0.39 is 5.60 Å². The smallest absolute Gasteiger partial charge is 0.233 e. The topological polar surface area (TPSA) is 78.6 Å². The summed E-state index contributed by atoms with van der Waals surface area (Å²) in [7, 11) is 1.92. The van der Waals surface area contributed by atoms with Crippen LogP contribution in [0.1, 0.15) is 37.4 Å². The predicted octanol–water partition coefficient (Wildman–Crippen LogP) is 0.814. The lowest BCUT2D eigenvalue weighted by Crippen LogP contribution is -2.38. The van der Waals surface area contributed by atoms with Crippen molar-refractivity contribution in [3.63, 3.8) is 0 Å². The van der Waals surface area contributed by atoms with Gasteiger partial charge in [-0.05, 0) is 14.0 Å². The Morgan fingerprint density at radius 3 is 2.81 bits per heavy atom. The first-order valence-corrected chi connectivity index (χ1v) is 7.60. The molecule has 21 heavy (non-hydrogen) atoms. The second kappa shape index (κ2) is 6.39. The zero-order valence-electron chi connectivity index (χ0n) is 12.6. The van der Waals surface area contributed by atoms with Crippen molar-refractivity contribution in [2.75, 3.05) is 40.1 Å². The van der Waals surface area contributed by atoms with Crippen LogP contribution in [0, 0.1) is 0 Å². The second-order valence-corrected chi connectivity index (χ2v) is 5.54. The van der Waals surface area contributed by atoms with Gasteiger partial charge in [0.15, 0.2) is 0 Å². The van der Waals surface area contributed by atoms with Gasteiger partial charge in [0.1, 0.15) is 5.60 Å². The predicted molar refractivity (Wildman–Crippen MR) is 74.1 cm³/mol. The summed E-state index contributed by atoms with van der Waals surface area (Å²) in [6.45, 7) is 5.21. The number of nitrogens with one attached hydrogen (secondary N) is 1. The minimum absolute atomic E-state index is 0.106. The van der Waals surface area contributed by atoms with Crippen molar-refractivity contribution in [1.29, 1.82) is 0 Å². The minimum Gasteiger partial charge on any atom is -0.381 e. The van der Waals surface area contributed by atoms with Crippen LogP contribution in [0.25, 0.3) is 0 Å². The molecule has 1 aromatic rings. The molecule has 3 heterocycles. The molecule has 0 bridgehead atoms. The molecule has 0 radical (unpaired) electrons. The van der Waals surface area contributed by atoms with E-state index >= 15 is 0 Å². The zero-order chi connectivity index (χ0) is 14.7. The number of ether oxygens (including phenoxy) is 3. The van der Waals surface area contributed by atoms with E-state index in [-0.39, 0.29) is 12.0 Å². The van der Waals surface area contributed by atoms with Crippen molar-refractivity contribution in [1.82, 2.24) is 15.5 Å². The van der Waals surface area contributed by atoms with Gasteiger partial charge in [-0.15, -0.1) is 0 Å². The molecule has 7 nitrogen and oxygen atoms in total. The lowest BCUT2D eigenvalue weighted by molar-refractivity contribution is -0.118. The average Bonchev–Trinajstić information content (AvgIpc) is 3.17. The molecule has 2 saturated heterocycles. The SMILES string of the molecule is CCOC1(c2noc(C3COCC3NC)n2)CCOCC1. The van der Waals surface area contributed by atoms with Crippen LogP contribution in [0.4, 0.5) is 0 Å². The molecule has 2 atom stereocenters. The Bertz CT molecular complexity index is 453. The van der Waals surface area contributed by atoms with E-state index in [0.717, 1.165) is 12.8 Å². The van der Waals surface area contributed by atoms with Crippen molar-refractivity contribution < 1.29 is 18.7 Å². The fraction of sp³-hybridized carbons (Fsp3) is 0.857. The van der Waals surface area contributed by atoms with E-state index in [1.54, 1.807) is 0 Å². The Balaban J connectivity index is 1.82. The molecule has 0 aliphatic carbocycles. The van der Waals surface area contributed by atoms with Crippen molar-refractivity contribution in [2.45, 2.75) is 37.3 Å². The lowest BCUT2D eigenvalue weighted by atomic mass is 9.93. The third-order valence-corrected chi connectivity index (χ3v) is 4.34. The average molecular weight is 297 g/mol. The molecular weight excluding hydrogens is 274 g/mol. The Hall–Kier alpha value is -1.02. The molecule has 1 N–H and O–H groups in total. The molecule has 118 valence electrons. The molecule has 2 fully saturated rings. The quantitative estimate of drug-likeness (QED) is 0.861. The van der Waals surface area contributed by atoms with Crippen LogP contribution in [-0.2, 0) is 19.8 Å². The van der Waals surface area contributed by atoms with Gasteiger partial charge in [0.25, 0.3) is 0 Å². The maximum absolute atomic E-state index is 5.97. The number of rotatable bonds is 5. The molecule has 0 amide bonds. The van der Waals surface area contributed by atoms with Gasteiger partial charge in [-0.3, -0.25) is 0 Å². The van der Waals surface area contributed by atoms with E-state index in [1.165, 1.54) is 0 Å². The standard InChI is InChI=1S/C14H23N3O4/c1-3-20-14(4-6-18-7-5-14)13-16-12(21-17-13)10-8-19-9-11(10)15-2/h10-11,15H,3-9H2,1-2H3. The van der Waals surface area contributed by atoms with Gasteiger partial charge in [0.2, 0.25) is 11.7 Å². The van der Waals surface area contributed by atoms with Crippen LogP contribution in [-0.4, -0.2) is 56.3 Å². The molecule has 2 aliphatic rings. The first-order valence-electron chi connectivity index (χ1n) is 7.60. The molecule has 2 aliphatic heterocycles. The van der Waals surface area contributed by atoms with Crippen LogP contribution in [0.2, 0.25) is 0 Å². The van der Waals surface area contributed by atoms with Gasteiger partial charge < -0.3 is 24.1 Å². The second-order valence-electron chi connectivity index (χ2n) is 5.54. The third kappa shape index (κ3) is 2.83. The summed E-state index contributed by atoms with van der Waals surface area (Å²) in [6, 6.07) is 0.219. The molecule has 3 rings (SSSR count). The summed E-state index contributed by atoms with van der Waals surface area (Å²) >= 11 is 0. The van der Waals surface area contributed by atoms with E-state index in [9.17, 15) is 0 Å². The highest BCUT2D eigenvalue weighted by molar-refractivity contribution is 5.08. The van der Waals surface area contributed by atoms with Gasteiger partial charge in [-0.25, -0.2) is 0 Å². The summed E-state index contributed by atoms with van der Waals surface area (Å²) in [5, 5.41) is 7.43. The molecule has 0 spiro atoms. The van der Waals surface area contributed by atoms with Gasteiger partial charge in [-0.2, -0.15) is 4.98 Å². The third-order valence-electron chi connectivity index (χ3n) is 4.34. The van der Waals surface area contributed by atoms with Gasteiger partial charge in [0, 0.05) is 38.7 Å². The van der Waals surface area contributed by atoms with Crippen molar-refractivity contribution in [3.05, 3.63) is 11.7 Å². The maximum Gasteiger partial charge on any atom is 0.233 e. The van der Waals surface area contributed by atoms with Crippen LogP contribution in [0.3, 0.4) is 0 Å². The largest absolute Gasteiger partial charge is 0.381 e. The molecule has 7 heteroatoms. The number of likely N-dealkylation sites (N-methyl/N-ethyl adjacent to an activating group) is 1. The molecular formula is C14H23N3O4. The highest BCUT2D eigenvalue weighted by Crippen LogP contribution is 2.35. The normalized spacial score (nSPS) is 28.9. The van der Waals surface area contributed by atoms with E-state index in [1.807, 2.05) is 14.0 Å². The van der Waals surface area contributed by atoms with Crippen LogP contribution in [0.15, 0.2) is 4.52 Å². The van der Waals surface area contributed by atoms with Crippen LogP contribution >= 0.6 is 0 Å². The Morgan fingerprint density at radius 2 is 2.10 bits per heavy atom. The Labute approximate surface area is 124 Å². The Kier molecular flexibility index (Phi) is 4.54. The van der Waals surface area contributed by atoms with Gasteiger partial charge >= 0.3 is 0 Å².